The van der Waals surface area contributed by atoms with E-state index in [0.29, 0.717) is 25.5 Å². The maximum absolute atomic E-state index is 8.56. The molecule has 1 aliphatic carbocycles. The van der Waals surface area contributed by atoms with E-state index in [9.17, 15) is 0 Å². The molecular formula is C12H22N2O3. The van der Waals surface area contributed by atoms with Crippen LogP contribution in [-0.2, 0) is 9.47 Å². The predicted molar refractivity (Wildman–Crippen MR) is 64.1 cm³/mol. The van der Waals surface area contributed by atoms with E-state index in [2.05, 4.69) is 5.16 Å². The quantitative estimate of drug-likeness (QED) is 0.320. The second-order valence-electron chi connectivity index (χ2n) is 5.27. The van der Waals surface area contributed by atoms with Gasteiger partial charge in [-0.3, -0.25) is 0 Å². The van der Waals surface area contributed by atoms with Crippen molar-refractivity contribution in [3.8, 4) is 0 Å². The lowest BCUT2D eigenvalue weighted by Gasteiger charge is -2.23. The number of hydrogen-bond acceptors (Lipinski definition) is 4. The molecule has 17 heavy (non-hydrogen) atoms. The van der Waals surface area contributed by atoms with Gasteiger partial charge >= 0.3 is 0 Å². The molecule has 98 valence electrons. The van der Waals surface area contributed by atoms with E-state index in [1.54, 1.807) is 0 Å². The Kier molecular flexibility index (Phi) is 4.23. The van der Waals surface area contributed by atoms with Gasteiger partial charge in [0, 0.05) is 18.4 Å². The molecule has 5 nitrogen and oxygen atoms in total. The Balaban J connectivity index is 1.64. The zero-order chi connectivity index (χ0) is 12.1. The first-order chi connectivity index (χ1) is 8.24. The third kappa shape index (κ3) is 3.85. The number of rotatable bonds is 6. The second kappa shape index (κ2) is 5.69. The van der Waals surface area contributed by atoms with Crippen molar-refractivity contribution in [2.45, 2.75) is 44.6 Å². The SMILES string of the molecule is NC(CC1(COCC2CCCCO2)CC1)=NO. The van der Waals surface area contributed by atoms with Crippen LogP contribution in [0.1, 0.15) is 38.5 Å². The van der Waals surface area contributed by atoms with Crippen molar-refractivity contribution in [3.05, 3.63) is 0 Å². The highest BCUT2D eigenvalue weighted by Gasteiger charge is 2.43. The van der Waals surface area contributed by atoms with Gasteiger partial charge in [0.25, 0.3) is 0 Å². The normalized spacial score (nSPS) is 28.0. The number of oxime groups is 1. The van der Waals surface area contributed by atoms with Gasteiger partial charge in [0.15, 0.2) is 0 Å². The van der Waals surface area contributed by atoms with Crippen molar-refractivity contribution in [1.29, 1.82) is 0 Å². The predicted octanol–water partition coefficient (Wildman–Crippen LogP) is 1.49. The van der Waals surface area contributed by atoms with Gasteiger partial charge in [-0.1, -0.05) is 5.16 Å². The van der Waals surface area contributed by atoms with Crippen LogP contribution in [-0.4, -0.2) is 37.0 Å². The summed E-state index contributed by atoms with van der Waals surface area (Å²) in [4.78, 5) is 0. The van der Waals surface area contributed by atoms with Crippen LogP contribution in [0.25, 0.3) is 0 Å². The smallest absolute Gasteiger partial charge is 0.139 e. The number of ether oxygens (including phenoxy) is 2. The second-order valence-corrected chi connectivity index (χ2v) is 5.27. The fraction of sp³-hybridized carbons (Fsp3) is 0.917. The minimum Gasteiger partial charge on any atom is -0.409 e. The van der Waals surface area contributed by atoms with Crippen molar-refractivity contribution in [1.82, 2.24) is 0 Å². The maximum Gasteiger partial charge on any atom is 0.139 e. The topological polar surface area (TPSA) is 77.1 Å². The number of nitrogens with two attached hydrogens (primary N) is 1. The average molecular weight is 242 g/mol. The van der Waals surface area contributed by atoms with Gasteiger partial charge in [-0.15, -0.1) is 0 Å². The van der Waals surface area contributed by atoms with Gasteiger partial charge in [-0.05, 0) is 32.1 Å². The lowest BCUT2D eigenvalue weighted by atomic mass is 10.0. The molecule has 0 amide bonds. The van der Waals surface area contributed by atoms with Crippen LogP contribution in [0.5, 0.6) is 0 Å². The van der Waals surface area contributed by atoms with Crippen LogP contribution < -0.4 is 5.73 Å². The van der Waals surface area contributed by atoms with E-state index in [0.717, 1.165) is 25.9 Å². The van der Waals surface area contributed by atoms with Crippen LogP contribution >= 0.6 is 0 Å². The Labute approximate surface area is 102 Å². The van der Waals surface area contributed by atoms with E-state index in [1.165, 1.54) is 12.8 Å². The van der Waals surface area contributed by atoms with Crippen molar-refractivity contribution in [2.75, 3.05) is 19.8 Å². The Hall–Kier alpha value is -0.810. The summed E-state index contributed by atoms with van der Waals surface area (Å²) in [7, 11) is 0. The van der Waals surface area contributed by atoms with Gasteiger partial charge in [0.1, 0.15) is 5.84 Å². The highest BCUT2D eigenvalue weighted by atomic mass is 16.5. The van der Waals surface area contributed by atoms with E-state index in [-0.39, 0.29) is 11.5 Å². The zero-order valence-electron chi connectivity index (χ0n) is 10.2. The van der Waals surface area contributed by atoms with Crippen LogP contribution in [0.2, 0.25) is 0 Å². The van der Waals surface area contributed by atoms with E-state index in [4.69, 9.17) is 20.4 Å². The molecule has 0 aromatic rings. The summed E-state index contributed by atoms with van der Waals surface area (Å²) in [5, 5.41) is 11.6. The average Bonchev–Trinajstić information content (AvgIpc) is 3.10. The largest absolute Gasteiger partial charge is 0.409 e. The minimum atomic E-state index is 0.130. The molecule has 1 saturated heterocycles. The molecule has 2 fully saturated rings. The fourth-order valence-corrected chi connectivity index (χ4v) is 2.31. The van der Waals surface area contributed by atoms with Gasteiger partial charge in [-0.2, -0.15) is 0 Å². The summed E-state index contributed by atoms with van der Waals surface area (Å²) in [6.45, 7) is 2.24. The zero-order valence-corrected chi connectivity index (χ0v) is 10.2. The molecule has 0 spiro atoms. The standard InChI is InChI=1S/C12H22N2O3/c13-11(14-15)7-12(4-5-12)9-16-8-10-3-1-2-6-17-10/h10,15H,1-9H2,(H2,13,14). The molecule has 1 heterocycles. The van der Waals surface area contributed by atoms with Crippen LogP contribution in [0.4, 0.5) is 0 Å². The van der Waals surface area contributed by atoms with Crippen LogP contribution in [0.3, 0.4) is 0 Å². The Bertz CT molecular complexity index is 271. The molecule has 1 saturated carbocycles. The highest BCUT2D eigenvalue weighted by molar-refractivity contribution is 5.80. The lowest BCUT2D eigenvalue weighted by Crippen LogP contribution is -2.27. The molecule has 3 N–H and O–H groups in total. The summed E-state index contributed by atoms with van der Waals surface area (Å²) >= 11 is 0. The Morgan fingerprint density at radius 1 is 1.47 bits per heavy atom. The first-order valence-electron chi connectivity index (χ1n) is 6.40. The first kappa shape index (κ1) is 12.6. The summed E-state index contributed by atoms with van der Waals surface area (Å²) < 4.78 is 11.3. The van der Waals surface area contributed by atoms with Gasteiger partial charge in [0.2, 0.25) is 0 Å². The summed E-state index contributed by atoms with van der Waals surface area (Å²) in [5.74, 6) is 0.306. The molecule has 0 aromatic heterocycles. The third-order valence-corrected chi connectivity index (χ3v) is 3.63. The summed E-state index contributed by atoms with van der Waals surface area (Å²) in [5.41, 5.74) is 5.66. The molecule has 1 aliphatic heterocycles. The third-order valence-electron chi connectivity index (χ3n) is 3.63. The number of hydrogen-bond donors (Lipinski definition) is 2. The molecule has 0 aromatic carbocycles. The monoisotopic (exact) mass is 242 g/mol. The van der Waals surface area contributed by atoms with Gasteiger partial charge in [0.05, 0.1) is 19.3 Å². The maximum atomic E-state index is 8.56. The molecule has 1 unspecified atom stereocenters. The highest BCUT2D eigenvalue weighted by Crippen LogP contribution is 2.48. The summed E-state index contributed by atoms with van der Waals surface area (Å²) in [6, 6.07) is 0. The van der Waals surface area contributed by atoms with Crippen molar-refractivity contribution in [2.24, 2.45) is 16.3 Å². The van der Waals surface area contributed by atoms with E-state index >= 15 is 0 Å². The minimum absolute atomic E-state index is 0.130. The van der Waals surface area contributed by atoms with Crippen molar-refractivity contribution in [3.63, 3.8) is 0 Å². The molecule has 0 bridgehead atoms. The molecular weight excluding hydrogens is 220 g/mol. The van der Waals surface area contributed by atoms with E-state index in [1.807, 2.05) is 0 Å². The molecule has 2 aliphatic rings. The lowest BCUT2D eigenvalue weighted by molar-refractivity contribution is -0.0485. The van der Waals surface area contributed by atoms with E-state index < -0.39 is 0 Å². The fourth-order valence-electron chi connectivity index (χ4n) is 2.31. The van der Waals surface area contributed by atoms with Gasteiger partial charge in [-0.25, -0.2) is 0 Å². The molecule has 5 heteroatoms. The van der Waals surface area contributed by atoms with Crippen molar-refractivity contribution < 1.29 is 14.7 Å². The first-order valence-corrected chi connectivity index (χ1v) is 6.40. The molecule has 2 rings (SSSR count). The van der Waals surface area contributed by atoms with Gasteiger partial charge < -0.3 is 20.4 Å². The molecule has 0 radical (unpaired) electrons. The Morgan fingerprint density at radius 3 is 2.88 bits per heavy atom. The Morgan fingerprint density at radius 2 is 2.29 bits per heavy atom. The number of nitrogens with zero attached hydrogens (tertiary/aromatic N) is 1. The summed E-state index contributed by atoms with van der Waals surface area (Å²) in [6.07, 6.45) is 6.63. The van der Waals surface area contributed by atoms with Crippen molar-refractivity contribution >= 4 is 5.84 Å². The number of amidine groups is 1. The van der Waals surface area contributed by atoms with Crippen LogP contribution in [0, 0.1) is 5.41 Å². The molecule has 1 atom stereocenters. The van der Waals surface area contributed by atoms with Crippen LogP contribution in [0.15, 0.2) is 5.16 Å².